The first kappa shape index (κ1) is 19.9. The van der Waals surface area contributed by atoms with Crippen LogP contribution in [0.25, 0.3) is 0 Å². The van der Waals surface area contributed by atoms with Gasteiger partial charge in [-0.05, 0) is 37.3 Å². The molecule has 0 spiro atoms. The van der Waals surface area contributed by atoms with E-state index in [0.717, 1.165) is 4.90 Å². The second kappa shape index (κ2) is 9.36. The lowest BCUT2D eigenvalue weighted by Crippen LogP contribution is -3.14. The van der Waals surface area contributed by atoms with Crippen LogP contribution in [0.15, 0.2) is 48.5 Å². The molecule has 27 heavy (non-hydrogen) atoms. The molecule has 2 rings (SSSR count). The second-order valence-electron chi connectivity index (χ2n) is 6.21. The summed E-state index contributed by atoms with van der Waals surface area (Å²) in [5.41, 5.74) is 1.66. The molecule has 0 fully saturated rings. The minimum atomic E-state index is -0.452. The van der Waals surface area contributed by atoms with E-state index in [2.05, 4.69) is 10.6 Å². The second-order valence-corrected chi connectivity index (χ2v) is 6.21. The van der Waals surface area contributed by atoms with Crippen LogP contribution >= 0.6 is 0 Å². The molecule has 3 N–H and O–H groups in total. The number of nitrogens with one attached hydrogen (secondary N) is 3. The Morgan fingerprint density at radius 3 is 2.48 bits per heavy atom. The van der Waals surface area contributed by atoms with Gasteiger partial charge in [-0.3, -0.25) is 9.59 Å². The van der Waals surface area contributed by atoms with Crippen molar-refractivity contribution in [2.75, 3.05) is 31.3 Å². The standard InChI is InChI=1S/C20H22N4O3/c1-14(20(26)23-16-7-4-6-15(10-16)12-21)24(2)13-19(25)22-17-8-5-9-18(11-17)27-3/h4-11,14H,13H2,1-3H3,(H,22,25)(H,23,26)/p+1/t14-/m0/s1. The van der Waals surface area contributed by atoms with Crippen molar-refractivity contribution in [2.45, 2.75) is 13.0 Å². The summed E-state index contributed by atoms with van der Waals surface area (Å²) in [4.78, 5) is 25.4. The number of hydrogen-bond acceptors (Lipinski definition) is 4. The number of hydrogen-bond donors (Lipinski definition) is 3. The van der Waals surface area contributed by atoms with Gasteiger partial charge >= 0.3 is 0 Å². The molecule has 1 unspecified atom stereocenters. The molecule has 0 radical (unpaired) electrons. The van der Waals surface area contributed by atoms with E-state index >= 15 is 0 Å². The SMILES string of the molecule is COc1cccc(NC(=O)C[NH+](C)[C@@H](C)C(=O)Nc2cccc(C#N)c2)c1. The maximum absolute atomic E-state index is 12.4. The zero-order valence-electron chi connectivity index (χ0n) is 15.6. The van der Waals surface area contributed by atoms with E-state index in [1.807, 2.05) is 6.07 Å². The number of methoxy groups -OCH3 is 1. The molecule has 0 bridgehead atoms. The van der Waals surface area contributed by atoms with Gasteiger partial charge in [-0.25, -0.2) is 0 Å². The van der Waals surface area contributed by atoms with Crippen molar-refractivity contribution in [1.29, 1.82) is 5.26 Å². The normalized spacial score (nSPS) is 12.4. The van der Waals surface area contributed by atoms with Crippen LogP contribution in [0.4, 0.5) is 11.4 Å². The van der Waals surface area contributed by atoms with Gasteiger partial charge in [0.05, 0.1) is 25.8 Å². The van der Waals surface area contributed by atoms with Crippen molar-refractivity contribution in [2.24, 2.45) is 0 Å². The average molecular weight is 367 g/mol. The number of ether oxygens (including phenoxy) is 1. The monoisotopic (exact) mass is 367 g/mol. The Labute approximate surface area is 158 Å². The van der Waals surface area contributed by atoms with Crippen LogP contribution in [-0.4, -0.2) is 38.6 Å². The van der Waals surface area contributed by atoms with Crippen molar-refractivity contribution in [1.82, 2.24) is 0 Å². The highest BCUT2D eigenvalue weighted by Crippen LogP contribution is 2.16. The minimum absolute atomic E-state index is 0.129. The first-order valence-electron chi connectivity index (χ1n) is 8.50. The number of anilines is 2. The predicted molar refractivity (Wildman–Crippen MR) is 103 cm³/mol. The third-order valence-corrected chi connectivity index (χ3v) is 4.18. The van der Waals surface area contributed by atoms with Crippen LogP contribution in [0, 0.1) is 11.3 Å². The van der Waals surface area contributed by atoms with Crippen molar-refractivity contribution < 1.29 is 19.2 Å². The largest absolute Gasteiger partial charge is 0.497 e. The molecular formula is C20H23N4O3+. The maximum Gasteiger partial charge on any atom is 0.282 e. The number of amides is 2. The van der Waals surface area contributed by atoms with Crippen LogP contribution in [0.2, 0.25) is 0 Å². The molecule has 0 aliphatic carbocycles. The minimum Gasteiger partial charge on any atom is -0.497 e. The van der Waals surface area contributed by atoms with Gasteiger partial charge in [0, 0.05) is 17.4 Å². The van der Waals surface area contributed by atoms with Gasteiger partial charge in [-0.1, -0.05) is 12.1 Å². The quantitative estimate of drug-likeness (QED) is 0.682. The molecule has 0 heterocycles. The molecule has 0 saturated carbocycles. The number of carbonyl (C=O) groups is 2. The first-order valence-corrected chi connectivity index (χ1v) is 8.50. The van der Waals surface area contributed by atoms with Crippen LogP contribution in [0.3, 0.4) is 0 Å². The third-order valence-electron chi connectivity index (χ3n) is 4.18. The Morgan fingerprint density at radius 2 is 1.81 bits per heavy atom. The zero-order valence-corrected chi connectivity index (χ0v) is 15.6. The van der Waals surface area contributed by atoms with E-state index in [1.165, 1.54) is 0 Å². The summed E-state index contributed by atoms with van der Waals surface area (Å²) >= 11 is 0. The average Bonchev–Trinajstić information content (AvgIpc) is 2.67. The summed E-state index contributed by atoms with van der Waals surface area (Å²) in [5.74, 6) is 0.226. The van der Waals surface area contributed by atoms with E-state index in [9.17, 15) is 9.59 Å². The number of nitrogens with zero attached hydrogens (tertiary/aromatic N) is 1. The fourth-order valence-corrected chi connectivity index (χ4v) is 2.45. The Morgan fingerprint density at radius 1 is 1.15 bits per heavy atom. The maximum atomic E-state index is 12.4. The number of benzene rings is 2. The Hall–Kier alpha value is -3.37. The molecule has 0 aliphatic rings. The summed E-state index contributed by atoms with van der Waals surface area (Å²) in [6.45, 7) is 1.88. The lowest BCUT2D eigenvalue weighted by molar-refractivity contribution is -0.885. The molecule has 0 saturated heterocycles. The molecule has 2 aromatic rings. The Balaban J connectivity index is 1.91. The van der Waals surface area contributed by atoms with E-state index in [0.29, 0.717) is 22.7 Å². The van der Waals surface area contributed by atoms with Crippen LogP contribution < -0.4 is 20.3 Å². The van der Waals surface area contributed by atoms with Crippen molar-refractivity contribution in [3.63, 3.8) is 0 Å². The predicted octanol–water partition coefficient (Wildman–Crippen LogP) is 1.05. The fraction of sp³-hybridized carbons (Fsp3) is 0.250. The van der Waals surface area contributed by atoms with Gasteiger partial charge in [-0.2, -0.15) is 5.26 Å². The summed E-state index contributed by atoms with van der Waals surface area (Å²) in [7, 11) is 3.34. The van der Waals surface area contributed by atoms with Gasteiger partial charge < -0.3 is 20.3 Å². The number of nitriles is 1. The van der Waals surface area contributed by atoms with Crippen LogP contribution in [0.5, 0.6) is 5.75 Å². The molecule has 2 amide bonds. The highest BCUT2D eigenvalue weighted by Gasteiger charge is 2.24. The van der Waals surface area contributed by atoms with E-state index < -0.39 is 6.04 Å². The first-order chi connectivity index (χ1) is 12.9. The smallest absolute Gasteiger partial charge is 0.282 e. The number of carbonyl (C=O) groups excluding carboxylic acids is 2. The highest BCUT2D eigenvalue weighted by molar-refractivity contribution is 5.94. The molecule has 0 aliphatic heterocycles. The summed E-state index contributed by atoms with van der Waals surface area (Å²) in [6.07, 6.45) is 0. The van der Waals surface area contributed by atoms with Gasteiger partial charge in [0.1, 0.15) is 5.75 Å². The van der Waals surface area contributed by atoms with Gasteiger partial charge in [0.15, 0.2) is 12.6 Å². The Bertz CT molecular complexity index is 860. The topological polar surface area (TPSA) is 95.7 Å². The Kier molecular flexibility index (Phi) is 6.92. The zero-order chi connectivity index (χ0) is 19.8. The van der Waals surface area contributed by atoms with Crippen molar-refractivity contribution >= 4 is 23.2 Å². The fourth-order valence-electron chi connectivity index (χ4n) is 2.45. The lowest BCUT2D eigenvalue weighted by atomic mass is 10.2. The molecule has 0 aromatic heterocycles. The molecule has 2 atom stereocenters. The molecule has 7 nitrogen and oxygen atoms in total. The number of quaternary nitrogens is 1. The van der Waals surface area contributed by atoms with E-state index in [-0.39, 0.29) is 18.4 Å². The summed E-state index contributed by atoms with van der Waals surface area (Å²) in [6, 6.07) is 15.4. The van der Waals surface area contributed by atoms with Gasteiger partial charge in [-0.15, -0.1) is 0 Å². The molecule has 7 heteroatoms. The van der Waals surface area contributed by atoms with E-state index in [1.54, 1.807) is 69.6 Å². The summed E-state index contributed by atoms with van der Waals surface area (Å²) in [5, 5.41) is 14.5. The van der Waals surface area contributed by atoms with E-state index in [4.69, 9.17) is 10.00 Å². The summed E-state index contributed by atoms with van der Waals surface area (Å²) < 4.78 is 5.13. The van der Waals surface area contributed by atoms with Crippen LogP contribution in [0.1, 0.15) is 12.5 Å². The lowest BCUT2D eigenvalue weighted by Gasteiger charge is -2.20. The van der Waals surface area contributed by atoms with Crippen LogP contribution in [-0.2, 0) is 9.59 Å². The number of rotatable bonds is 7. The number of likely N-dealkylation sites (N-methyl/N-ethyl adjacent to an activating group) is 1. The molecule has 2 aromatic carbocycles. The van der Waals surface area contributed by atoms with Gasteiger partial charge in [0.2, 0.25) is 0 Å². The molecular weight excluding hydrogens is 344 g/mol. The highest BCUT2D eigenvalue weighted by atomic mass is 16.5. The van der Waals surface area contributed by atoms with Crippen molar-refractivity contribution in [3.8, 4) is 11.8 Å². The van der Waals surface area contributed by atoms with Gasteiger partial charge in [0.25, 0.3) is 11.8 Å². The third kappa shape index (κ3) is 5.83. The van der Waals surface area contributed by atoms with Crippen molar-refractivity contribution in [3.05, 3.63) is 54.1 Å². The molecule has 140 valence electrons.